The van der Waals surface area contributed by atoms with Gasteiger partial charge in [-0.3, -0.25) is 4.79 Å². The van der Waals surface area contributed by atoms with E-state index in [1.54, 1.807) is 0 Å². The second-order valence-corrected chi connectivity index (χ2v) is 11.0. The topological polar surface area (TPSA) is 59.7 Å². The minimum Gasteiger partial charge on any atom is -0.489 e. The first-order chi connectivity index (χ1) is 19.1. The van der Waals surface area contributed by atoms with Crippen molar-refractivity contribution < 1.29 is 9.53 Å². The molecule has 0 spiro atoms. The molecule has 7 heteroatoms. The van der Waals surface area contributed by atoms with Gasteiger partial charge in [0, 0.05) is 30.4 Å². The second kappa shape index (κ2) is 11.3. The van der Waals surface area contributed by atoms with E-state index >= 15 is 0 Å². The van der Waals surface area contributed by atoms with E-state index in [0.29, 0.717) is 11.5 Å². The monoisotopic (exact) mass is 534 g/mol. The van der Waals surface area contributed by atoms with Crippen molar-refractivity contribution in [1.82, 2.24) is 14.7 Å². The Balaban J connectivity index is 1.26. The van der Waals surface area contributed by atoms with Gasteiger partial charge in [0.25, 0.3) is 5.91 Å². The van der Waals surface area contributed by atoms with Crippen molar-refractivity contribution in [3.8, 4) is 22.7 Å². The molecular weight excluding hydrogens is 504 g/mol. The van der Waals surface area contributed by atoms with Gasteiger partial charge < -0.3 is 9.64 Å². The number of hydrogen-bond acceptors (Lipinski definition) is 5. The van der Waals surface area contributed by atoms with Crippen LogP contribution in [0.4, 0.5) is 0 Å². The average Bonchev–Trinajstić information content (AvgIpc) is 3.57. The number of carbonyl (C=O) groups is 1. The van der Waals surface area contributed by atoms with Crippen LogP contribution >= 0.6 is 11.8 Å². The first-order valence-corrected chi connectivity index (χ1v) is 14.1. The summed E-state index contributed by atoms with van der Waals surface area (Å²) in [6.07, 6.45) is 6.17. The summed E-state index contributed by atoms with van der Waals surface area (Å²) in [5.74, 6) is 1.33. The lowest BCUT2D eigenvalue weighted by atomic mass is 10.00. The summed E-state index contributed by atoms with van der Waals surface area (Å²) < 4.78 is 7.84. The summed E-state index contributed by atoms with van der Waals surface area (Å²) in [6.45, 7) is 4.69. The molecule has 0 unspecified atom stereocenters. The van der Waals surface area contributed by atoms with Gasteiger partial charge in [0.1, 0.15) is 12.4 Å². The number of thioether (sulfide) groups is 1. The van der Waals surface area contributed by atoms with Crippen LogP contribution in [0.1, 0.15) is 30.9 Å². The lowest BCUT2D eigenvalue weighted by Gasteiger charge is -2.30. The van der Waals surface area contributed by atoms with Gasteiger partial charge in [0.15, 0.2) is 5.17 Å². The van der Waals surface area contributed by atoms with Crippen LogP contribution in [0, 0.1) is 5.92 Å². The maximum Gasteiger partial charge on any atom is 0.286 e. The van der Waals surface area contributed by atoms with Gasteiger partial charge in [0.2, 0.25) is 0 Å². The van der Waals surface area contributed by atoms with Gasteiger partial charge in [0.05, 0.1) is 16.3 Å². The zero-order valence-corrected chi connectivity index (χ0v) is 22.7. The highest BCUT2D eigenvalue weighted by Gasteiger charge is 2.28. The number of ether oxygens (including phenoxy) is 1. The maximum atomic E-state index is 12.9. The molecule has 0 N–H and O–H groups in total. The first-order valence-electron chi connectivity index (χ1n) is 13.3. The largest absolute Gasteiger partial charge is 0.489 e. The highest BCUT2D eigenvalue weighted by molar-refractivity contribution is 8.18. The molecule has 2 aliphatic rings. The van der Waals surface area contributed by atoms with E-state index in [1.165, 1.54) is 11.8 Å². The number of nitrogens with zero attached hydrogens (tertiary/aromatic N) is 4. The smallest absolute Gasteiger partial charge is 0.286 e. The zero-order chi connectivity index (χ0) is 26.6. The number of carbonyl (C=O) groups excluding carboxylic acids is 1. The van der Waals surface area contributed by atoms with Crippen LogP contribution in [0.15, 0.2) is 101 Å². The number of hydrogen-bond donors (Lipinski definition) is 0. The zero-order valence-electron chi connectivity index (χ0n) is 21.9. The molecule has 0 aliphatic carbocycles. The molecule has 0 atom stereocenters. The Kier molecular flexibility index (Phi) is 7.32. The SMILES string of the molecule is CC1CCN(C2=NC(=O)C(=Cc3cn(-c4ccccc4)nc3-c3ccc(OCc4ccccc4)cc3)S2)CC1. The van der Waals surface area contributed by atoms with Gasteiger partial charge in [-0.2, -0.15) is 10.1 Å². The molecule has 3 heterocycles. The summed E-state index contributed by atoms with van der Waals surface area (Å²) in [5, 5.41) is 5.74. The highest BCUT2D eigenvalue weighted by Crippen LogP contribution is 2.35. The fourth-order valence-electron chi connectivity index (χ4n) is 4.75. The molecule has 196 valence electrons. The molecule has 1 saturated heterocycles. The van der Waals surface area contributed by atoms with Crippen molar-refractivity contribution in [3.05, 3.63) is 107 Å². The molecule has 1 fully saturated rings. The summed E-state index contributed by atoms with van der Waals surface area (Å²) in [4.78, 5) is 20.2. The van der Waals surface area contributed by atoms with E-state index in [0.717, 1.165) is 70.8 Å². The van der Waals surface area contributed by atoms with E-state index in [2.05, 4.69) is 16.8 Å². The molecule has 4 aromatic rings. The average molecular weight is 535 g/mol. The third kappa shape index (κ3) is 5.83. The second-order valence-electron chi connectivity index (χ2n) is 9.99. The van der Waals surface area contributed by atoms with Crippen molar-refractivity contribution in [1.29, 1.82) is 0 Å². The van der Waals surface area contributed by atoms with Crippen molar-refractivity contribution in [2.75, 3.05) is 13.1 Å². The Hall–Kier alpha value is -4.10. The number of para-hydroxylation sites is 1. The molecule has 6 nitrogen and oxygen atoms in total. The Bertz CT molecular complexity index is 1500. The van der Waals surface area contributed by atoms with E-state index in [1.807, 2.05) is 102 Å². The Morgan fingerprint density at radius 2 is 1.64 bits per heavy atom. The number of rotatable bonds is 6. The minimum absolute atomic E-state index is 0.184. The quantitative estimate of drug-likeness (QED) is 0.254. The Morgan fingerprint density at radius 1 is 0.949 bits per heavy atom. The Labute approximate surface area is 233 Å². The first kappa shape index (κ1) is 25.2. The molecule has 1 aromatic heterocycles. The number of amidine groups is 1. The number of likely N-dealkylation sites (tertiary alicyclic amines) is 1. The third-order valence-corrected chi connectivity index (χ3v) is 8.13. The number of piperidine rings is 1. The number of aromatic nitrogens is 2. The molecule has 6 rings (SSSR count). The van der Waals surface area contributed by atoms with Gasteiger partial charge in [-0.25, -0.2) is 4.68 Å². The van der Waals surface area contributed by atoms with E-state index in [-0.39, 0.29) is 5.91 Å². The van der Waals surface area contributed by atoms with Gasteiger partial charge >= 0.3 is 0 Å². The number of aliphatic imine (C=N–C) groups is 1. The van der Waals surface area contributed by atoms with Gasteiger partial charge in [-0.1, -0.05) is 55.5 Å². The molecular formula is C32H30N4O2S. The Morgan fingerprint density at radius 3 is 2.36 bits per heavy atom. The summed E-state index contributed by atoms with van der Waals surface area (Å²) in [6, 6.07) is 28.1. The van der Waals surface area contributed by atoms with Crippen LogP contribution in [0.2, 0.25) is 0 Å². The van der Waals surface area contributed by atoms with Crippen LogP contribution < -0.4 is 4.74 Å². The fraction of sp³-hybridized carbons (Fsp3) is 0.219. The van der Waals surface area contributed by atoms with E-state index < -0.39 is 0 Å². The molecule has 0 bridgehead atoms. The predicted molar refractivity (Wildman–Crippen MR) is 158 cm³/mol. The minimum atomic E-state index is -0.184. The predicted octanol–water partition coefficient (Wildman–Crippen LogP) is 6.82. The summed E-state index contributed by atoms with van der Waals surface area (Å²) in [5.41, 5.74) is 4.70. The molecule has 3 aromatic carbocycles. The molecule has 2 aliphatic heterocycles. The number of amides is 1. The van der Waals surface area contributed by atoms with Crippen molar-refractivity contribution >= 4 is 28.9 Å². The molecule has 0 saturated carbocycles. The van der Waals surface area contributed by atoms with Crippen LogP contribution in [-0.4, -0.2) is 38.8 Å². The van der Waals surface area contributed by atoms with Crippen LogP contribution in [0.25, 0.3) is 23.0 Å². The normalized spacial score (nSPS) is 17.1. The molecule has 0 radical (unpaired) electrons. The summed E-state index contributed by atoms with van der Waals surface area (Å²) in [7, 11) is 0. The number of benzene rings is 3. The van der Waals surface area contributed by atoms with Gasteiger partial charge in [-0.05, 0) is 78.6 Å². The standard InChI is InChI=1S/C32H30N4O2S/c1-23-16-18-35(19-17-23)32-33-31(37)29(39-32)20-26-21-36(27-10-6-3-7-11-27)34-30(26)25-12-14-28(15-13-25)38-22-24-8-4-2-5-9-24/h2-15,20-21,23H,16-19,22H2,1H3. The lowest BCUT2D eigenvalue weighted by molar-refractivity contribution is -0.113. The van der Waals surface area contributed by atoms with Gasteiger partial charge in [-0.15, -0.1) is 0 Å². The molecule has 1 amide bonds. The van der Waals surface area contributed by atoms with Crippen LogP contribution in [-0.2, 0) is 11.4 Å². The molecule has 39 heavy (non-hydrogen) atoms. The van der Waals surface area contributed by atoms with E-state index in [4.69, 9.17) is 9.84 Å². The van der Waals surface area contributed by atoms with Crippen molar-refractivity contribution in [2.45, 2.75) is 26.4 Å². The van der Waals surface area contributed by atoms with E-state index in [9.17, 15) is 4.79 Å². The summed E-state index contributed by atoms with van der Waals surface area (Å²) >= 11 is 1.47. The fourth-order valence-corrected chi connectivity index (χ4v) is 5.71. The van der Waals surface area contributed by atoms with Crippen LogP contribution in [0.5, 0.6) is 5.75 Å². The van der Waals surface area contributed by atoms with Crippen molar-refractivity contribution in [3.63, 3.8) is 0 Å². The van der Waals surface area contributed by atoms with Crippen molar-refractivity contribution in [2.24, 2.45) is 10.9 Å². The maximum absolute atomic E-state index is 12.9. The van der Waals surface area contributed by atoms with Crippen LogP contribution in [0.3, 0.4) is 0 Å². The third-order valence-electron chi connectivity index (χ3n) is 7.09. The highest BCUT2D eigenvalue weighted by atomic mass is 32.2. The lowest BCUT2D eigenvalue weighted by Crippen LogP contribution is -2.35.